The first-order valence-corrected chi connectivity index (χ1v) is 11.4. The lowest BCUT2D eigenvalue weighted by molar-refractivity contribution is -0.120. The second-order valence-corrected chi connectivity index (χ2v) is 9.37. The summed E-state index contributed by atoms with van der Waals surface area (Å²) in [5, 5.41) is 21.7. The van der Waals surface area contributed by atoms with Crippen LogP contribution in [0.3, 0.4) is 0 Å². The molecule has 30 heavy (non-hydrogen) atoms. The van der Waals surface area contributed by atoms with Gasteiger partial charge in [0.15, 0.2) is 5.16 Å². The summed E-state index contributed by atoms with van der Waals surface area (Å²) in [5.41, 5.74) is -0.894. The van der Waals surface area contributed by atoms with Crippen LogP contribution in [-0.2, 0) is 11.3 Å². The summed E-state index contributed by atoms with van der Waals surface area (Å²) >= 11 is 1.32. The van der Waals surface area contributed by atoms with Gasteiger partial charge in [0.2, 0.25) is 11.9 Å². The Hall–Kier alpha value is -2.47. The van der Waals surface area contributed by atoms with Crippen LogP contribution in [0.25, 0.3) is 0 Å². The van der Waals surface area contributed by atoms with E-state index in [2.05, 4.69) is 33.4 Å². The van der Waals surface area contributed by atoms with Crippen LogP contribution in [-0.4, -0.2) is 45.1 Å². The fourth-order valence-electron chi connectivity index (χ4n) is 3.28. The van der Waals surface area contributed by atoms with Crippen LogP contribution in [0.5, 0.6) is 0 Å². The molecule has 2 aromatic heterocycles. The number of piperidine rings is 1. The third kappa shape index (κ3) is 5.17. The Morgan fingerprint density at radius 2 is 2.17 bits per heavy atom. The Labute approximate surface area is 182 Å². The van der Waals surface area contributed by atoms with E-state index in [0.29, 0.717) is 11.7 Å². The molecule has 1 amide bonds. The highest BCUT2D eigenvalue weighted by Gasteiger charge is 2.30. The van der Waals surface area contributed by atoms with E-state index in [9.17, 15) is 10.1 Å². The maximum atomic E-state index is 12.5. The molecule has 3 rings (SSSR count). The molecule has 162 valence electrons. The highest BCUT2D eigenvalue weighted by Crippen LogP contribution is 2.27. The van der Waals surface area contributed by atoms with Gasteiger partial charge in [-0.05, 0) is 43.7 Å². The van der Waals surface area contributed by atoms with Crippen LogP contribution in [0.4, 0.5) is 5.95 Å². The van der Waals surface area contributed by atoms with Crippen LogP contribution in [0.15, 0.2) is 28.0 Å². The van der Waals surface area contributed by atoms with E-state index in [1.807, 2.05) is 30.5 Å². The first-order chi connectivity index (χ1) is 14.3. The molecule has 9 heteroatoms. The molecule has 0 radical (unpaired) electrons. The standard InChI is InChI=1S/C21H30N6O2S/c1-15(2)21(4,14-22)23-18(28)13-30-20-25-24-19(26-9-7-16(3)8-10-26)27(20)12-17-6-5-11-29-17/h5-6,11,15-16H,7-10,12-13H2,1-4H3,(H,23,28). The molecule has 3 heterocycles. The number of hydrogen-bond donors (Lipinski definition) is 1. The van der Waals surface area contributed by atoms with Gasteiger partial charge in [-0.3, -0.25) is 9.36 Å². The monoisotopic (exact) mass is 430 g/mol. The molecule has 0 saturated carbocycles. The maximum Gasteiger partial charge on any atom is 0.231 e. The summed E-state index contributed by atoms with van der Waals surface area (Å²) in [5.74, 6) is 2.31. The summed E-state index contributed by atoms with van der Waals surface area (Å²) in [6.45, 7) is 10.2. The van der Waals surface area contributed by atoms with Gasteiger partial charge in [0.25, 0.3) is 0 Å². The van der Waals surface area contributed by atoms with Crippen molar-refractivity contribution in [3.05, 3.63) is 24.2 Å². The zero-order chi connectivity index (χ0) is 21.7. The molecular formula is C21H30N6O2S. The van der Waals surface area contributed by atoms with Crippen molar-refractivity contribution in [2.75, 3.05) is 23.7 Å². The van der Waals surface area contributed by atoms with Crippen molar-refractivity contribution in [1.29, 1.82) is 5.26 Å². The Balaban J connectivity index is 1.74. The smallest absolute Gasteiger partial charge is 0.231 e. The lowest BCUT2D eigenvalue weighted by Gasteiger charge is -2.31. The SMILES string of the molecule is CC1CCN(c2nnc(SCC(=O)NC(C)(C#N)C(C)C)n2Cc2ccco2)CC1. The van der Waals surface area contributed by atoms with Crippen LogP contribution < -0.4 is 10.2 Å². The number of nitrogens with zero attached hydrogens (tertiary/aromatic N) is 5. The van der Waals surface area contributed by atoms with Crippen LogP contribution in [0.1, 0.15) is 46.3 Å². The summed E-state index contributed by atoms with van der Waals surface area (Å²) < 4.78 is 7.55. The number of amides is 1. The quantitative estimate of drug-likeness (QED) is 0.641. The molecule has 0 aliphatic carbocycles. The molecular weight excluding hydrogens is 400 g/mol. The van der Waals surface area contributed by atoms with Gasteiger partial charge in [-0.15, -0.1) is 10.2 Å². The van der Waals surface area contributed by atoms with Gasteiger partial charge in [-0.25, -0.2) is 0 Å². The van der Waals surface area contributed by atoms with E-state index in [-0.39, 0.29) is 17.6 Å². The first kappa shape index (κ1) is 22.2. The largest absolute Gasteiger partial charge is 0.467 e. The molecule has 0 aromatic carbocycles. The fraction of sp³-hybridized carbons (Fsp3) is 0.619. The van der Waals surface area contributed by atoms with Gasteiger partial charge >= 0.3 is 0 Å². The fourth-order valence-corrected chi connectivity index (χ4v) is 4.02. The molecule has 8 nitrogen and oxygen atoms in total. The van der Waals surface area contributed by atoms with Gasteiger partial charge in [0.1, 0.15) is 11.3 Å². The van der Waals surface area contributed by atoms with Gasteiger partial charge in [0, 0.05) is 13.1 Å². The summed E-state index contributed by atoms with van der Waals surface area (Å²) in [6.07, 6.45) is 3.90. The predicted molar refractivity (Wildman–Crippen MR) is 116 cm³/mol. The minimum absolute atomic E-state index is 0.00662. The van der Waals surface area contributed by atoms with E-state index in [4.69, 9.17) is 4.42 Å². The van der Waals surface area contributed by atoms with E-state index in [1.165, 1.54) is 11.8 Å². The third-order valence-electron chi connectivity index (χ3n) is 5.78. The number of thioether (sulfide) groups is 1. The van der Waals surface area contributed by atoms with E-state index < -0.39 is 5.54 Å². The minimum atomic E-state index is -0.894. The lowest BCUT2D eigenvalue weighted by Crippen LogP contribution is -2.49. The zero-order valence-electron chi connectivity index (χ0n) is 18.1. The molecule has 1 N–H and O–H groups in total. The van der Waals surface area contributed by atoms with Crippen molar-refractivity contribution in [2.24, 2.45) is 11.8 Å². The first-order valence-electron chi connectivity index (χ1n) is 10.4. The Bertz CT molecular complexity index is 880. The van der Waals surface area contributed by atoms with E-state index in [1.54, 1.807) is 13.2 Å². The number of anilines is 1. The Morgan fingerprint density at radius 1 is 1.43 bits per heavy atom. The number of carbonyl (C=O) groups is 1. The average molecular weight is 431 g/mol. The summed E-state index contributed by atoms with van der Waals surface area (Å²) in [7, 11) is 0. The summed E-state index contributed by atoms with van der Waals surface area (Å²) in [6, 6.07) is 5.98. The van der Waals surface area contributed by atoms with Crippen molar-refractivity contribution in [2.45, 2.75) is 57.8 Å². The molecule has 0 bridgehead atoms. The second kappa shape index (κ2) is 9.56. The number of nitriles is 1. The molecule has 1 aliphatic heterocycles. The molecule has 1 fully saturated rings. The molecule has 1 atom stereocenters. The third-order valence-corrected chi connectivity index (χ3v) is 6.74. The lowest BCUT2D eigenvalue weighted by atomic mass is 9.90. The number of hydrogen-bond acceptors (Lipinski definition) is 7. The van der Waals surface area contributed by atoms with Crippen molar-refractivity contribution in [3.8, 4) is 6.07 Å². The Kier molecular flexibility index (Phi) is 7.08. The predicted octanol–water partition coefficient (Wildman–Crippen LogP) is 3.30. The summed E-state index contributed by atoms with van der Waals surface area (Å²) in [4.78, 5) is 14.8. The minimum Gasteiger partial charge on any atom is -0.467 e. The Morgan fingerprint density at radius 3 is 2.77 bits per heavy atom. The molecule has 1 unspecified atom stereocenters. The van der Waals surface area contributed by atoms with Crippen LogP contribution in [0.2, 0.25) is 0 Å². The van der Waals surface area contributed by atoms with E-state index >= 15 is 0 Å². The van der Waals surface area contributed by atoms with Gasteiger partial charge < -0.3 is 14.6 Å². The van der Waals surface area contributed by atoms with E-state index in [0.717, 1.165) is 43.6 Å². The van der Waals surface area contributed by atoms with Crippen LogP contribution in [0, 0.1) is 23.2 Å². The second-order valence-electron chi connectivity index (χ2n) is 8.42. The number of aromatic nitrogens is 3. The number of carbonyl (C=O) groups excluding carboxylic acids is 1. The maximum absolute atomic E-state index is 12.5. The molecule has 0 spiro atoms. The topological polar surface area (TPSA) is 100.0 Å². The number of rotatable bonds is 8. The van der Waals surface area contributed by atoms with Gasteiger partial charge in [-0.2, -0.15) is 5.26 Å². The molecule has 1 aliphatic rings. The normalized spacial score (nSPS) is 17.0. The van der Waals surface area contributed by atoms with Crippen molar-refractivity contribution < 1.29 is 9.21 Å². The van der Waals surface area contributed by atoms with Crippen molar-refractivity contribution >= 4 is 23.6 Å². The highest BCUT2D eigenvalue weighted by atomic mass is 32.2. The van der Waals surface area contributed by atoms with Crippen molar-refractivity contribution in [1.82, 2.24) is 20.1 Å². The van der Waals surface area contributed by atoms with Crippen molar-refractivity contribution in [3.63, 3.8) is 0 Å². The molecule has 2 aromatic rings. The number of furan rings is 1. The molecule has 1 saturated heterocycles. The van der Waals surface area contributed by atoms with Crippen LogP contribution >= 0.6 is 11.8 Å². The average Bonchev–Trinajstić information content (AvgIpc) is 3.37. The number of nitrogens with one attached hydrogen (secondary N) is 1. The highest BCUT2D eigenvalue weighted by molar-refractivity contribution is 7.99. The van der Waals surface area contributed by atoms with Gasteiger partial charge in [-0.1, -0.05) is 32.5 Å². The zero-order valence-corrected chi connectivity index (χ0v) is 18.9. The van der Waals surface area contributed by atoms with Gasteiger partial charge in [0.05, 0.1) is 24.6 Å².